The molecular formula is C15H18N4O2. The van der Waals surface area contributed by atoms with Crippen LogP contribution in [-0.4, -0.2) is 38.2 Å². The third-order valence-electron chi connectivity index (χ3n) is 3.79. The first-order valence-electron chi connectivity index (χ1n) is 7.21. The molecule has 21 heavy (non-hydrogen) atoms. The van der Waals surface area contributed by atoms with Crippen LogP contribution in [0.3, 0.4) is 0 Å². The Morgan fingerprint density at radius 3 is 2.76 bits per heavy atom. The number of hydrogen-bond donors (Lipinski definition) is 2. The highest BCUT2D eigenvalue weighted by Gasteiger charge is 2.25. The van der Waals surface area contributed by atoms with Gasteiger partial charge in [-0.1, -0.05) is 36.3 Å². The maximum absolute atomic E-state index is 12.2. The molecule has 2 atom stereocenters. The third kappa shape index (κ3) is 3.11. The van der Waals surface area contributed by atoms with Crippen LogP contribution >= 0.6 is 0 Å². The minimum atomic E-state index is -0.466. The molecule has 0 bridgehead atoms. The summed E-state index contributed by atoms with van der Waals surface area (Å²) in [5.41, 5.74) is 1.11. The number of carbonyl (C=O) groups excluding carboxylic acids is 1. The fraction of sp³-hybridized carbons (Fsp3) is 0.400. The lowest BCUT2D eigenvalue weighted by molar-refractivity contribution is 0.0713. The van der Waals surface area contributed by atoms with E-state index in [1.807, 2.05) is 30.3 Å². The summed E-state index contributed by atoms with van der Waals surface area (Å²) in [6, 6.07) is 9.30. The van der Waals surface area contributed by atoms with E-state index in [-0.39, 0.29) is 17.6 Å². The molecule has 6 heteroatoms. The van der Waals surface area contributed by atoms with E-state index in [2.05, 4.69) is 15.6 Å². The van der Waals surface area contributed by atoms with Crippen molar-refractivity contribution in [2.24, 2.45) is 0 Å². The number of aliphatic hydroxyl groups excluding tert-OH is 1. The summed E-state index contributed by atoms with van der Waals surface area (Å²) in [5.74, 6) is -0.289. The van der Waals surface area contributed by atoms with E-state index in [4.69, 9.17) is 0 Å². The summed E-state index contributed by atoms with van der Waals surface area (Å²) in [6.45, 7) is 0. The van der Waals surface area contributed by atoms with E-state index < -0.39 is 6.10 Å². The number of benzene rings is 1. The van der Waals surface area contributed by atoms with Gasteiger partial charge in [0.05, 0.1) is 24.0 Å². The lowest BCUT2D eigenvalue weighted by Crippen LogP contribution is -2.45. The van der Waals surface area contributed by atoms with Crippen LogP contribution in [0.25, 0.3) is 5.69 Å². The van der Waals surface area contributed by atoms with E-state index in [9.17, 15) is 9.90 Å². The van der Waals surface area contributed by atoms with Gasteiger partial charge < -0.3 is 10.4 Å². The molecule has 1 aromatic carbocycles. The smallest absolute Gasteiger partial charge is 0.273 e. The van der Waals surface area contributed by atoms with Crippen LogP contribution in [0.15, 0.2) is 36.5 Å². The van der Waals surface area contributed by atoms with Gasteiger partial charge in [-0.25, -0.2) is 4.68 Å². The van der Waals surface area contributed by atoms with Gasteiger partial charge in [-0.15, -0.1) is 5.10 Å². The van der Waals surface area contributed by atoms with Gasteiger partial charge in [0.2, 0.25) is 0 Å². The molecule has 1 aromatic heterocycles. The summed E-state index contributed by atoms with van der Waals surface area (Å²) in [4.78, 5) is 12.2. The number of hydrogen-bond acceptors (Lipinski definition) is 4. The van der Waals surface area contributed by atoms with Crippen LogP contribution in [0.5, 0.6) is 0 Å². The van der Waals surface area contributed by atoms with Crippen molar-refractivity contribution in [3.05, 3.63) is 42.2 Å². The molecular weight excluding hydrogens is 268 g/mol. The van der Waals surface area contributed by atoms with Gasteiger partial charge in [-0.05, 0) is 25.0 Å². The van der Waals surface area contributed by atoms with Crippen LogP contribution in [0, 0.1) is 0 Å². The highest BCUT2D eigenvalue weighted by atomic mass is 16.3. The molecule has 6 nitrogen and oxygen atoms in total. The van der Waals surface area contributed by atoms with Crippen molar-refractivity contribution < 1.29 is 9.90 Å². The number of amides is 1. The Bertz CT molecular complexity index is 611. The fourth-order valence-electron chi connectivity index (χ4n) is 2.60. The first-order valence-corrected chi connectivity index (χ1v) is 7.21. The molecule has 2 unspecified atom stereocenters. The van der Waals surface area contributed by atoms with Gasteiger partial charge in [0.25, 0.3) is 5.91 Å². The normalized spacial score (nSPS) is 22.0. The number of aliphatic hydroxyl groups is 1. The predicted molar refractivity (Wildman–Crippen MR) is 77.1 cm³/mol. The van der Waals surface area contributed by atoms with E-state index in [1.54, 1.807) is 10.9 Å². The minimum absolute atomic E-state index is 0.187. The molecule has 110 valence electrons. The predicted octanol–water partition coefficient (Wildman–Crippen LogP) is 1.30. The summed E-state index contributed by atoms with van der Waals surface area (Å²) in [7, 11) is 0. The highest BCUT2D eigenvalue weighted by molar-refractivity contribution is 5.92. The molecule has 1 heterocycles. The minimum Gasteiger partial charge on any atom is -0.391 e. The summed E-state index contributed by atoms with van der Waals surface area (Å²) < 4.78 is 1.56. The van der Waals surface area contributed by atoms with Gasteiger partial charge in [-0.2, -0.15) is 0 Å². The Kier molecular flexibility index (Phi) is 3.96. The van der Waals surface area contributed by atoms with Crippen LogP contribution in [0.2, 0.25) is 0 Å². The summed E-state index contributed by atoms with van der Waals surface area (Å²) >= 11 is 0. The van der Waals surface area contributed by atoms with E-state index in [1.165, 1.54) is 0 Å². The zero-order valence-electron chi connectivity index (χ0n) is 11.6. The zero-order chi connectivity index (χ0) is 14.7. The molecule has 1 amide bonds. The third-order valence-corrected chi connectivity index (χ3v) is 3.79. The maximum atomic E-state index is 12.2. The van der Waals surface area contributed by atoms with Crippen LogP contribution < -0.4 is 5.32 Å². The number of aromatic nitrogens is 3. The summed E-state index contributed by atoms with van der Waals surface area (Å²) in [5, 5.41) is 20.6. The van der Waals surface area contributed by atoms with Crippen LogP contribution in [-0.2, 0) is 0 Å². The van der Waals surface area contributed by atoms with Crippen molar-refractivity contribution in [1.82, 2.24) is 20.3 Å². The first-order chi connectivity index (χ1) is 10.2. The number of nitrogens with zero attached hydrogens (tertiary/aromatic N) is 3. The van der Waals surface area contributed by atoms with E-state index in [0.29, 0.717) is 0 Å². The Balaban J connectivity index is 1.69. The van der Waals surface area contributed by atoms with Crippen molar-refractivity contribution in [2.75, 3.05) is 0 Å². The average molecular weight is 286 g/mol. The Hall–Kier alpha value is -2.21. The second-order valence-corrected chi connectivity index (χ2v) is 5.32. The van der Waals surface area contributed by atoms with Crippen LogP contribution in [0.1, 0.15) is 36.2 Å². The molecule has 1 aliphatic carbocycles. The lowest BCUT2D eigenvalue weighted by Gasteiger charge is -2.27. The van der Waals surface area contributed by atoms with Gasteiger partial charge in [0, 0.05) is 0 Å². The molecule has 0 spiro atoms. The maximum Gasteiger partial charge on any atom is 0.273 e. The van der Waals surface area contributed by atoms with E-state index >= 15 is 0 Å². The van der Waals surface area contributed by atoms with Gasteiger partial charge in [-0.3, -0.25) is 4.79 Å². The van der Waals surface area contributed by atoms with Crippen LogP contribution in [0.4, 0.5) is 0 Å². The van der Waals surface area contributed by atoms with Crippen molar-refractivity contribution in [1.29, 1.82) is 0 Å². The average Bonchev–Trinajstić information content (AvgIpc) is 3.00. The second-order valence-electron chi connectivity index (χ2n) is 5.32. The van der Waals surface area contributed by atoms with Crippen molar-refractivity contribution >= 4 is 5.91 Å². The molecule has 3 rings (SSSR count). The Morgan fingerprint density at radius 2 is 2.00 bits per heavy atom. The van der Waals surface area contributed by atoms with Crippen molar-refractivity contribution in [3.63, 3.8) is 0 Å². The van der Waals surface area contributed by atoms with Crippen molar-refractivity contribution in [3.8, 4) is 5.69 Å². The van der Waals surface area contributed by atoms with Gasteiger partial charge in [0.15, 0.2) is 5.69 Å². The molecule has 1 aliphatic rings. The molecule has 1 saturated carbocycles. The van der Waals surface area contributed by atoms with Gasteiger partial charge >= 0.3 is 0 Å². The monoisotopic (exact) mass is 286 g/mol. The summed E-state index contributed by atoms with van der Waals surface area (Å²) in [6.07, 6.45) is 4.71. The number of para-hydroxylation sites is 1. The molecule has 0 radical (unpaired) electrons. The molecule has 2 aromatic rings. The van der Waals surface area contributed by atoms with Crippen molar-refractivity contribution in [2.45, 2.75) is 37.8 Å². The number of rotatable bonds is 3. The lowest BCUT2D eigenvalue weighted by atomic mass is 9.92. The SMILES string of the molecule is O=C(NC1CCCCC1O)c1cn(-c2ccccc2)nn1. The first kappa shape index (κ1) is 13.8. The Morgan fingerprint density at radius 1 is 1.24 bits per heavy atom. The number of nitrogens with one attached hydrogen (secondary N) is 1. The largest absolute Gasteiger partial charge is 0.391 e. The molecule has 2 N–H and O–H groups in total. The highest BCUT2D eigenvalue weighted by Crippen LogP contribution is 2.18. The Labute approximate surface area is 122 Å². The number of carbonyl (C=O) groups is 1. The van der Waals surface area contributed by atoms with E-state index in [0.717, 1.165) is 31.4 Å². The topological polar surface area (TPSA) is 80.0 Å². The quantitative estimate of drug-likeness (QED) is 0.891. The molecule has 0 aliphatic heterocycles. The second kappa shape index (κ2) is 6.05. The zero-order valence-corrected chi connectivity index (χ0v) is 11.6. The standard InChI is InChI=1S/C15H18N4O2/c20-14-9-5-4-8-12(14)16-15(21)13-10-19(18-17-13)11-6-2-1-3-7-11/h1-3,6-7,10,12,14,20H,4-5,8-9H2,(H,16,21). The molecule has 0 saturated heterocycles. The van der Waals surface area contributed by atoms with Gasteiger partial charge in [0.1, 0.15) is 0 Å². The molecule has 1 fully saturated rings. The fourth-order valence-corrected chi connectivity index (χ4v) is 2.60.